The summed E-state index contributed by atoms with van der Waals surface area (Å²) in [5.41, 5.74) is 3.68. The molecule has 0 N–H and O–H groups in total. The van der Waals surface area contributed by atoms with Crippen molar-refractivity contribution < 1.29 is 9.47 Å². The van der Waals surface area contributed by atoms with E-state index < -0.39 is 0 Å². The van der Waals surface area contributed by atoms with Crippen LogP contribution in [0.1, 0.15) is 61.3 Å². The van der Waals surface area contributed by atoms with Crippen molar-refractivity contribution in [3.05, 3.63) is 47.0 Å². The quantitative estimate of drug-likeness (QED) is 0.816. The smallest absolute Gasteiger partial charge is 0.131 e. The maximum absolute atomic E-state index is 5.60. The molecule has 1 aromatic heterocycles. The summed E-state index contributed by atoms with van der Waals surface area (Å²) in [6, 6.07) is 6.91. The molecule has 0 spiro atoms. The van der Waals surface area contributed by atoms with Gasteiger partial charge in [0.1, 0.15) is 17.3 Å². The molecular weight excluding hydrogens is 326 g/mol. The van der Waals surface area contributed by atoms with E-state index in [1.807, 2.05) is 18.2 Å². The second-order valence-corrected chi connectivity index (χ2v) is 7.55. The van der Waals surface area contributed by atoms with Gasteiger partial charge in [-0.3, -0.25) is 4.90 Å². The van der Waals surface area contributed by atoms with E-state index in [1.54, 1.807) is 14.2 Å². The lowest BCUT2D eigenvalue weighted by Gasteiger charge is -2.36. The Morgan fingerprint density at radius 3 is 2.54 bits per heavy atom. The van der Waals surface area contributed by atoms with Crippen LogP contribution in [0.15, 0.2) is 24.4 Å². The number of benzene rings is 1. The van der Waals surface area contributed by atoms with Crippen LogP contribution >= 0.6 is 0 Å². The molecule has 1 aromatic carbocycles. The number of nitrogens with zero attached hydrogens (tertiary/aromatic N) is 3. The number of rotatable bonds is 5. The fourth-order valence-electron chi connectivity index (χ4n) is 4.38. The summed E-state index contributed by atoms with van der Waals surface area (Å²) in [5.74, 6) is 3.11. The Hall–Kier alpha value is -2.14. The zero-order valence-electron chi connectivity index (χ0n) is 16.0. The molecule has 0 amide bonds. The molecule has 2 atom stereocenters. The van der Waals surface area contributed by atoms with Crippen LogP contribution in [-0.4, -0.2) is 35.1 Å². The molecule has 1 saturated heterocycles. The first-order valence-corrected chi connectivity index (χ1v) is 9.43. The van der Waals surface area contributed by atoms with Crippen molar-refractivity contribution in [3.63, 3.8) is 0 Å². The minimum Gasteiger partial charge on any atom is -0.496 e. The summed E-state index contributed by atoms with van der Waals surface area (Å²) in [7, 11) is 3.44. The van der Waals surface area contributed by atoms with Crippen molar-refractivity contribution in [3.8, 4) is 11.5 Å². The van der Waals surface area contributed by atoms with E-state index in [0.29, 0.717) is 18.0 Å². The largest absolute Gasteiger partial charge is 0.496 e. The van der Waals surface area contributed by atoms with Gasteiger partial charge in [-0.2, -0.15) is 0 Å². The van der Waals surface area contributed by atoms with E-state index in [2.05, 4.69) is 29.9 Å². The summed E-state index contributed by atoms with van der Waals surface area (Å²) in [6.07, 6.45) is 5.44. The van der Waals surface area contributed by atoms with Crippen molar-refractivity contribution in [2.24, 2.45) is 0 Å². The zero-order valence-corrected chi connectivity index (χ0v) is 16.0. The van der Waals surface area contributed by atoms with Crippen LogP contribution in [0.3, 0.4) is 0 Å². The first-order valence-electron chi connectivity index (χ1n) is 9.43. The van der Waals surface area contributed by atoms with Gasteiger partial charge in [0.25, 0.3) is 0 Å². The Morgan fingerprint density at radius 1 is 1.15 bits per heavy atom. The fraction of sp³-hybridized carbons (Fsp3) is 0.524. The summed E-state index contributed by atoms with van der Waals surface area (Å²) in [5, 5.41) is 0. The second-order valence-electron chi connectivity index (χ2n) is 7.55. The first-order chi connectivity index (χ1) is 12.6. The minimum atomic E-state index is 0.369. The lowest BCUT2D eigenvalue weighted by Crippen LogP contribution is -2.38. The normalized spacial score (nSPS) is 21.7. The van der Waals surface area contributed by atoms with Gasteiger partial charge in [0.05, 0.1) is 25.5 Å². The van der Waals surface area contributed by atoms with Crippen LogP contribution in [-0.2, 0) is 13.0 Å². The van der Waals surface area contributed by atoms with Crippen molar-refractivity contribution in [2.75, 3.05) is 14.2 Å². The molecule has 26 heavy (non-hydrogen) atoms. The number of aromatic nitrogens is 2. The predicted octanol–water partition coefficient (Wildman–Crippen LogP) is 3.88. The highest BCUT2D eigenvalue weighted by atomic mass is 16.5. The molecule has 5 nitrogen and oxygen atoms in total. The third-order valence-corrected chi connectivity index (χ3v) is 5.74. The lowest BCUT2D eigenvalue weighted by atomic mass is 9.97. The van der Waals surface area contributed by atoms with E-state index in [9.17, 15) is 0 Å². The molecule has 3 heterocycles. The summed E-state index contributed by atoms with van der Waals surface area (Å²) < 4.78 is 11.2. The molecular formula is C21H27N3O2. The molecule has 138 valence electrons. The van der Waals surface area contributed by atoms with Crippen molar-refractivity contribution in [1.82, 2.24) is 14.9 Å². The van der Waals surface area contributed by atoms with E-state index in [4.69, 9.17) is 14.5 Å². The number of fused-ring (bicyclic) bond motifs is 4. The van der Waals surface area contributed by atoms with Crippen molar-refractivity contribution >= 4 is 0 Å². The Morgan fingerprint density at radius 2 is 1.88 bits per heavy atom. The Balaban J connectivity index is 1.67. The van der Waals surface area contributed by atoms with E-state index in [-0.39, 0.29) is 0 Å². The molecule has 2 unspecified atom stereocenters. The molecule has 2 aromatic rings. The first kappa shape index (κ1) is 17.3. The topological polar surface area (TPSA) is 47.5 Å². The Labute approximate surface area is 155 Å². The van der Waals surface area contributed by atoms with Crippen LogP contribution in [0.4, 0.5) is 0 Å². The zero-order chi connectivity index (χ0) is 18.3. The number of hydrogen-bond donors (Lipinski definition) is 0. The maximum Gasteiger partial charge on any atom is 0.131 e. The average Bonchev–Trinajstić information content (AvgIpc) is 2.93. The van der Waals surface area contributed by atoms with Gasteiger partial charge < -0.3 is 9.47 Å². The minimum absolute atomic E-state index is 0.369. The molecule has 2 bridgehead atoms. The molecule has 2 aliphatic rings. The standard InChI is InChI=1S/C21H27N3O2/c1-13(2)21-22-11-15-17(23-21)10-14-8-9-18(15)24(14)12-16-19(25-3)6-5-7-20(16)26-4/h5-7,11,13-14,18H,8-10,12H2,1-4H3. The SMILES string of the molecule is COc1cccc(OC)c1CN1C2CCC1c1cnc(C(C)C)nc1C2. The van der Waals surface area contributed by atoms with Gasteiger partial charge in [0, 0.05) is 42.7 Å². The van der Waals surface area contributed by atoms with Crippen LogP contribution < -0.4 is 9.47 Å². The highest BCUT2D eigenvalue weighted by molar-refractivity contribution is 5.45. The number of methoxy groups -OCH3 is 2. The average molecular weight is 353 g/mol. The van der Waals surface area contributed by atoms with Crippen LogP contribution in [0.25, 0.3) is 0 Å². The summed E-state index contributed by atoms with van der Waals surface area (Å²) >= 11 is 0. The summed E-state index contributed by atoms with van der Waals surface area (Å²) in [6.45, 7) is 5.13. The van der Waals surface area contributed by atoms with Gasteiger partial charge in [-0.15, -0.1) is 0 Å². The molecule has 4 rings (SSSR count). The van der Waals surface area contributed by atoms with Gasteiger partial charge in [0.2, 0.25) is 0 Å². The van der Waals surface area contributed by atoms with E-state index in [0.717, 1.165) is 35.9 Å². The molecule has 0 radical (unpaired) electrons. The summed E-state index contributed by atoms with van der Waals surface area (Å²) in [4.78, 5) is 12.1. The molecule has 2 aliphatic heterocycles. The fourth-order valence-corrected chi connectivity index (χ4v) is 4.38. The molecule has 1 fully saturated rings. The number of hydrogen-bond acceptors (Lipinski definition) is 5. The van der Waals surface area contributed by atoms with Gasteiger partial charge in [-0.1, -0.05) is 19.9 Å². The third-order valence-electron chi connectivity index (χ3n) is 5.74. The van der Waals surface area contributed by atoms with Crippen molar-refractivity contribution in [2.45, 2.75) is 57.7 Å². The van der Waals surface area contributed by atoms with Crippen LogP contribution in [0.2, 0.25) is 0 Å². The maximum atomic E-state index is 5.60. The predicted molar refractivity (Wildman–Crippen MR) is 101 cm³/mol. The van der Waals surface area contributed by atoms with Crippen LogP contribution in [0, 0.1) is 0 Å². The van der Waals surface area contributed by atoms with Gasteiger partial charge in [-0.25, -0.2) is 9.97 Å². The highest BCUT2D eigenvalue weighted by Crippen LogP contribution is 2.45. The van der Waals surface area contributed by atoms with E-state index >= 15 is 0 Å². The van der Waals surface area contributed by atoms with Crippen LogP contribution in [0.5, 0.6) is 11.5 Å². The molecule has 0 aliphatic carbocycles. The molecule has 0 saturated carbocycles. The van der Waals surface area contributed by atoms with E-state index in [1.165, 1.54) is 24.1 Å². The third kappa shape index (κ3) is 2.84. The second kappa shape index (κ2) is 6.88. The Kier molecular flexibility index (Phi) is 4.57. The lowest BCUT2D eigenvalue weighted by molar-refractivity contribution is 0.162. The molecule has 5 heteroatoms. The van der Waals surface area contributed by atoms with Crippen molar-refractivity contribution in [1.29, 1.82) is 0 Å². The van der Waals surface area contributed by atoms with Gasteiger partial charge >= 0.3 is 0 Å². The number of ether oxygens (including phenoxy) is 2. The Bertz CT molecular complexity index is 784. The van der Waals surface area contributed by atoms with Gasteiger partial charge in [0.15, 0.2) is 0 Å². The highest BCUT2D eigenvalue weighted by Gasteiger charge is 2.41. The monoisotopic (exact) mass is 353 g/mol. The van der Waals surface area contributed by atoms with Gasteiger partial charge in [-0.05, 0) is 25.0 Å².